The van der Waals surface area contributed by atoms with Crippen LogP contribution in [-0.4, -0.2) is 12.1 Å². The Kier molecular flexibility index (Phi) is 3.40. The summed E-state index contributed by atoms with van der Waals surface area (Å²) >= 11 is 0. The van der Waals surface area contributed by atoms with Crippen LogP contribution in [0.1, 0.15) is 31.7 Å². The standard InChI is InChI=1S/C14H16O2/c1-11(15)16-14-9-5-8-13(14)10-12-6-3-2-4-7-12/h2-4,6-7,10,14H,5,8-9H2,1H3/b13-10+/t14-/m1/s1. The fraction of sp³-hybridized carbons (Fsp3) is 0.357. The third kappa shape index (κ3) is 2.72. The molecule has 1 atom stereocenters. The van der Waals surface area contributed by atoms with E-state index in [1.54, 1.807) is 0 Å². The molecule has 1 aliphatic carbocycles. The van der Waals surface area contributed by atoms with Crippen LogP contribution in [-0.2, 0) is 9.53 Å². The third-order valence-electron chi connectivity index (χ3n) is 2.81. The van der Waals surface area contributed by atoms with Crippen LogP contribution in [0.25, 0.3) is 6.08 Å². The zero-order valence-electron chi connectivity index (χ0n) is 9.48. The first-order valence-corrected chi connectivity index (χ1v) is 5.68. The smallest absolute Gasteiger partial charge is 0.303 e. The Labute approximate surface area is 95.9 Å². The first-order chi connectivity index (χ1) is 7.75. The minimum absolute atomic E-state index is 0.00212. The molecule has 0 bridgehead atoms. The van der Waals surface area contributed by atoms with E-state index >= 15 is 0 Å². The molecule has 0 radical (unpaired) electrons. The lowest BCUT2D eigenvalue weighted by atomic mass is 10.1. The summed E-state index contributed by atoms with van der Waals surface area (Å²) < 4.78 is 5.29. The molecule has 0 aromatic heterocycles. The topological polar surface area (TPSA) is 26.3 Å². The van der Waals surface area contributed by atoms with Gasteiger partial charge in [0.05, 0.1) is 0 Å². The van der Waals surface area contributed by atoms with Crippen molar-refractivity contribution in [2.75, 3.05) is 0 Å². The minimum atomic E-state index is -0.189. The Bertz CT molecular complexity index is 392. The fourth-order valence-corrected chi connectivity index (χ4v) is 2.10. The predicted octanol–water partition coefficient (Wildman–Crippen LogP) is 3.19. The molecule has 0 amide bonds. The van der Waals surface area contributed by atoms with Crippen molar-refractivity contribution in [1.29, 1.82) is 0 Å². The predicted molar refractivity (Wildman–Crippen MR) is 63.8 cm³/mol. The van der Waals surface area contributed by atoms with Crippen molar-refractivity contribution in [2.45, 2.75) is 32.3 Å². The first kappa shape index (κ1) is 10.9. The minimum Gasteiger partial charge on any atom is -0.458 e. The normalized spacial score (nSPS) is 22.3. The van der Waals surface area contributed by atoms with Crippen LogP contribution in [0.2, 0.25) is 0 Å². The van der Waals surface area contributed by atoms with Crippen molar-refractivity contribution in [3.8, 4) is 0 Å². The monoisotopic (exact) mass is 216 g/mol. The molecule has 0 saturated heterocycles. The largest absolute Gasteiger partial charge is 0.458 e. The lowest BCUT2D eigenvalue weighted by Gasteiger charge is -2.12. The van der Waals surface area contributed by atoms with E-state index in [1.165, 1.54) is 18.1 Å². The SMILES string of the molecule is CC(=O)O[C@@H]1CCC/C1=C\c1ccccc1. The molecule has 2 nitrogen and oxygen atoms in total. The Morgan fingerprint density at radius 2 is 2.12 bits per heavy atom. The Balaban J connectivity index is 2.13. The Hall–Kier alpha value is -1.57. The van der Waals surface area contributed by atoms with E-state index in [0.717, 1.165) is 19.3 Å². The number of carbonyl (C=O) groups is 1. The molecule has 84 valence electrons. The highest BCUT2D eigenvalue weighted by Crippen LogP contribution is 2.29. The summed E-state index contributed by atoms with van der Waals surface area (Å²) in [6.45, 7) is 1.47. The zero-order chi connectivity index (χ0) is 11.4. The summed E-state index contributed by atoms with van der Waals surface area (Å²) in [5.41, 5.74) is 2.41. The van der Waals surface area contributed by atoms with Gasteiger partial charge in [0.2, 0.25) is 0 Å². The average Bonchev–Trinajstić information content (AvgIpc) is 2.66. The van der Waals surface area contributed by atoms with E-state index in [1.807, 2.05) is 18.2 Å². The van der Waals surface area contributed by atoms with E-state index in [-0.39, 0.29) is 12.1 Å². The fourth-order valence-electron chi connectivity index (χ4n) is 2.10. The van der Waals surface area contributed by atoms with Crippen LogP contribution in [0.3, 0.4) is 0 Å². The number of benzene rings is 1. The lowest BCUT2D eigenvalue weighted by Crippen LogP contribution is -2.13. The molecule has 16 heavy (non-hydrogen) atoms. The van der Waals surface area contributed by atoms with E-state index in [4.69, 9.17) is 4.74 Å². The maximum atomic E-state index is 10.9. The highest BCUT2D eigenvalue weighted by Gasteiger charge is 2.23. The number of carbonyl (C=O) groups excluding carboxylic acids is 1. The van der Waals surface area contributed by atoms with Gasteiger partial charge in [-0.05, 0) is 30.4 Å². The molecule has 1 aliphatic rings. The van der Waals surface area contributed by atoms with Gasteiger partial charge in [-0.15, -0.1) is 0 Å². The lowest BCUT2D eigenvalue weighted by molar-refractivity contribution is -0.144. The van der Waals surface area contributed by atoms with Crippen LogP contribution in [0.4, 0.5) is 0 Å². The third-order valence-corrected chi connectivity index (χ3v) is 2.81. The number of esters is 1. The molecular weight excluding hydrogens is 200 g/mol. The quantitative estimate of drug-likeness (QED) is 0.710. The molecule has 0 unspecified atom stereocenters. The highest BCUT2D eigenvalue weighted by molar-refractivity contribution is 5.67. The molecule has 0 spiro atoms. The first-order valence-electron chi connectivity index (χ1n) is 5.68. The van der Waals surface area contributed by atoms with Gasteiger partial charge in [-0.2, -0.15) is 0 Å². The number of ether oxygens (including phenoxy) is 1. The Morgan fingerprint density at radius 3 is 2.81 bits per heavy atom. The molecule has 2 rings (SSSR count). The summed E-state index contributed by atoms with van der Waals surface area (Å²) in [6.07, 6.45) is 5.24. The van der Waals surface area contributed by atoms with E-state index in [0.29, 0.717) is 0 Å². The summed E-state index contributed by atoms with van der Waals surface area (Å²) in [4.78, 5) is 10.9. The van der Waals surface area contributed by atoms with Crippen LogP contribution >= 0.6 is 0 Å². The summed E-state index contributed by atoms with van der Waals surface area (Å²) in [6, 6.07) is 10.2. The molecule has 0 N–H and O–H groups in total. The van der Waals surface area contributed by atoms with Crippen molar-refractivity contribution < 1.29 is 9.53 Å². The van der Waals surface area contributed by atoms with Crippen molar-refractivity contribution in [3.05, 3.63) is 41.5 Å². The van der Waals surface area contributed by atoms with Crippen molar-refractivity contribution in [1.82, 2.24) is 0 Å². The van der Waals surface area contributed by atoms with Gasteiger partial charge in [0, 0.05) is 6.92 Å². The summed E-state index contributed by atoms with van der Waals surface area (Å²) in [5, 5.41) is 0. The van der Waals surface area contributed by atoms with Gasteiger partial charge in [-0.25, -0.2) is 0 Å². The average molecular weight is 216 g/mol. The van der Waals surface area contributed by atoms with Gasteiger partial charge >= 0.3 is 5.97 Å². The van der Waals surface area contributed by atoms with E-state index in [9.17, 15) is 4.79 Å². The van der Waals surface area contributed by atoms with E-state index < -0.39 is 0 Å². The van der Waals surface area contributed by atoms with Crippen molar-refractivity contribution in [2.24, 2.45) is 0 Å². The molecule has 1 aromatic carbocycles. The number of rotatable bonds is 2. The molecule has 2 heteroatoms. The van der Waals surface area contributed by atoms with Gasteiger partial charge in [0.15, 0.2) is 0 Å². The molecule has 0 aliphatic heterocycles. The summed E-state index contributed by atoms with van der Waals surface area (Å²) in [5.74, 6) is -0.189. The second-order valence-corrected chi connectivity index (χ2v) is 4.12. The number of hydrogen-bond acceptors (Lipinski definition) is 2. The van der Waals surface area contributed by atoms with Gasteiger partial charge in [-0.1, -0.05) is 36.4 Å². The van der Waals surface area contributed by atoms with Gasteiger partial charge in [0.25, 0.3) is 0 Å². The summed E-state index contributed by atoms with van der Waals surface area (Å²) in [7, 11) is 0. The second kappa shape index (κ2) is 4.97. The maximum absolute atomic E-state index is 10.9. The molecule has 0 heterocycles. The molecule has 1 aromatic rings. The molecule has 1 saturated carbocycles. The Morgan fingerprint density at radius 1 is 1.38 bits per heavy atom. The van der Waals surface area contributed by atoms with Crippen LogP contribution in [0.15, 0.2) is 35.9 Å². The van der Waals surface area contributed by atoms with Crippen molar-refractivity contribution in [3.63, 3.8) is 0 Å². The maximum Gasteiger partial charge on any atom is 0.303 e. The second-order valence-electron chi connectivity index (χ2n) is 4.12. The van der Waals surface area contributed by atoms with Gasteiger partial charge < -0.3 is 4.74 Å². The van der Waals surface area contributed by atoms with Gasteiger partial charge in [0.1, 0.15) is 6.10 Å². The highest BCUT2D eigenvalue weighted by atomic mass is 16.5. The van der Waals surface area contributed by atoms with Gasteiger partial charge in [-0.3, -0.25) is 4.79 Å². The molecule has 1 fully saturated rings. The van der Waals surface area contributed by atoms with E-state index in [2.05, 4.69) is 18.2 Å². The zero-order valence-corrected chi connectivity index (χ0v) is 9.48. The van der Waals surface area contributed by atoms with Crippen LogP contribution in [0, 0.1) is 0 Å². The van der Waals surface area contributed by atoms with Crippen LogP contribution in [0.5, 0.6) is 0 Å². The molecular formula is C14H16O2. The number of hydrogen-bond donors (Lipinski definition) is 0. The van der Waals surface area contributed by atoms with Crippen LogP contribution < -0.4 is 0 Å². The van der Waals surface area contributed by atoms with Crippen molar-refractivity contribution >= 4 is 12.0 Å².